The van der Waals surface area contributed by atoms with Crippen LogP contribution in [0.5, 0.6) is 5.75 Å². The molecule has 3 aromatic rings. The quantitative estimate of drug-likeness (QED) is 0.264. The summed E-state index contributed by atoms with van der Waals surface area (Å²) in [6, 6.07) is 19.0. The minimum atomic E-state index is -0.992. The zero-order valence-corrected chi connectivity index (χ0v) is 19.5. The third-order valence-corrected chi connectivity index (χ3v) is 4.96. The summed E-state index contributed by atoms with van der Waals surface area (Å²) in [5, 5.41) is 9.04. The van der Waals surface area contributed by atoms with Crippen molar-refractivity contribution in [1.29, 1.82) is 0 Å². The van der Waals surface area contributed by atoms with Crippen molar-refractivity contribution in [2.45, 2.75) is 6.92 Å². The first kappa shape index (κ1) is 23.7. The lowest BCUT2D eigenvalue weighted by Crippen LogP contribution is -2.33. The number of nitrogens with zero attached hydrogens (tertiary/aromatic N) is 1. The van der Waals surface area contributed by atoms with Crippen LogP contribution in [0.2, 0.25) is 0 Å². The highest BCUT2D eigenvalue weighted by molar-refractivity contribution is 9.10. The monoisotopic (exact) mass is 508 g/mol. The summed E-state index contributed by atoms with van der Waals surface area (Å²) in [4.78, 5) is 37.3. The van der Waals surface area contributed by atoms with Crippen LogP contribution >= 0.6 is 15.9 Å². The number of benzene rings is 3. The summed E-state index contributed by atoms with van der Waals surface area (Å²) in [5.74, 6) is -1.83. The van der Waals surface area contributed by atoms with Crippen molar-refractivity contribution in [1.82, 2.24) is 5.43 Å². The maximum atomic E-state index is 12.7. The Morgan fingerprint density at radius 3 is 2.48 bits per heavy atom. The van der Waals surface area contributed by atoms with E-state index >= 15 is 0 Å². The summed E-state index contributed by atoms with van der Waals surface area (Å²) in [7, 11) is 1.51. The number of hydrazone groups is 1. The van der Waals surface area contributed by atoms with Crippen LogP contribution in [0.4, 0.5) is 11.4 Å². The van der Waals surface area contributed by atoms with Gasteiger partial charge in [0.2, 0.25) is 0 Å². The third kappa shape index (κ3) is 6.50. The lowest BCUT2D eigenvalue weighted by atomic mass is 10.1. The molecule has 3 aromatic carbocycles. The molecule has 8 nitrogen and oxygen atoms in total. The molecule has 168 valence electrons. The maximum Gasteiger partial charge on any atom is 0.329 e. The first-order valence-corrected chi connectivity index (χ1v) is 10.6. The zero-order valence-electron chi connectivity index (χ0n) is 17.9. The molecule has 0 radical (unpaired) electrons. The van der Waals surface area contributed by atoms with Crippen LogP contribution in [-0.2, 0) is 9.59 Å². The maximum absolute atomic E-state index is 12.7. The van der Waals surface area contributed by atoms with Gasteiger partial charge in [-0.05, 0) is 55.0 Å². The van der Waals surface area contributed by atoms with Crippen LogP contribution in [-0.4, -0.2) is 31.0 Å². The van der Waals surface area contributed by atoms with Crippen molar-refractivity contribution in [3.63, 3.8) is 0 Å². The lowest BCUT2D eigenvalue weighted by molar-refractivity contribution is -0.136. The van der Waals surface area contributed by atoms with E-state index in [2.05, 4.69) is 37.1 Å². The van der Waals surface area contributed by atoms with Gasteiger partial charge in [0.15, 0.2) is 0 Å². The molecule has 0 aromatic heterocycles. The Morgan fingerprint density at radius 1 is 0.939 bits per heavy atom. The van der Waals surface area contributed by atoms with Crippen LogP contribution in [0.1, 0.15) is 21.5 Å². The van der Waals surface area contributed by atoms with E-state index in [1.54, 1.807) is 42.5 Å². The Hall–Kier alpha value is -3.98. The number of carbonyl (C=O) groups excluding carboxylic acids is 3. The second-order valence-corrected chi connectivity index (χ2v) is 7.82. The Bertz CT molecular complexity index is 1230. The molecule has 3 N–H and O–H groups in total. The fourth-order valence-corrected chi connectivity index (χ4v) is 3.29. The molecule has 0 fully saturated rings. The summed E-state index contributed by atoms with van der Waals surface area (Å²) < 4.78 is 6.03. The molecule has 0 heterocycles. The highest BCUT2D eigenvalue weighted by atomic mass is 79.9. The van der Waals surface area contributed by atoms with Gasteiger partial charge < -0.3 is 15.4 Å². The van der Waals surface area contributed by atoms with Crippen molar-refractivity contribution >= 4 is 51.2 Å². The fraction of sp³-hybridized carbons (Fsp3) is 0.0833. The summed E-state index contributed by atoms with van der Waals surface area (Å²) in [5.41, 5.74) is 4.79. The smallest absolute Gasteiger partial charge is 0.329 e. The Balaban J connectivity index is 1.66. The minimum absolute atomic E-state index is 0.195. The third-order valence-electron chi connectivity index (χ3n) is 4.46. The fourth-order valence-electron chi connectivity index (χ4n) is 2.91. The van der Waals surface area contributed by atoms with E-state index in [9.17, 15) is 14.4 Å². The first-order valence-electron chi connectivity index (χ1n) is 9.82. The van der Waals surface area contributed by atoms with Gasteiger partial charge >= 0.3 is 11.8 Å². The number of methoxy groups -OCH3 is 1. The number of amides is 3. The van der Waals surface area contributed by atoms with E-state index in [1.807, 2.05) is 25.1 Å². The summed E-state index contributed by atoms with van der Waals surface area (Å²) in [6.07, 6.45) is 1.36. The average Bonchev–Trinajstić information content (AvgIpc) is 2.79. The SMILES string of the molecule is COc1ccc(Br)cc1/C=N\NC(=O)C(=O)Nc1ccccc1C(=O)Nc1cccc(C)c1. The molecule has 3 rings (SSSR count). The Kier molecular flexibility index (Phi) is 7.93. The van der Waals surface area contributed by atoms with Crippen LogP contribution in [0.3, 0.4) is 0 Å². The molecule has 0 aliphatic heterocycles. The number of para-hydroxylation sites is 1. The Morgan fingerprint density at radius 2 is 1.73 bits per heavy atom. The van der Waals surface area contributed by atoms with Gasteiger partial charge in [-0.2, -0.15) is 5.10 Å². The molecule has 0 aliphatic rings. The van der Waals surface area contributed by atoms with Crippen molar-refractivity contribution < 1.29 is 19.1 Å². The van der Waals surface area contributed by atoms with E-state index in [4.69, 9.17) is 4.74 Å². The molecule has 9 heteroatoms. The molecule has 0 aliphatic carbocycles. The number of aryl methyl sites for hydroxylation is 1. The molecule has 0 bridgehead atoms. The van der Waals surface area contributed by atoms with Gasteiger partial charge in [0.25, 0.3) is 5.91 Å². The average molecular weight is 509 g/mol. The highest BCUT2D eigenvalue weighted by Gasteiger charge is 2.18. The van der Waals surface area contributed by atoms with Crippen LogP contribution in [0, 0.1) is 6.92 Å². The number of anilines is 2. The second kappa shape index (κ2) is 11.1. The molecule has 0 saturated carbocycles. The molecular weight excluding hydrogens is 488 g/mol. The number of nitrogens with one attached hydrogen (secondary N) is 3. The predicted molar refractivity (Wildman–Crippen MR) is 131 cm³/mol. The van der Waals surface area contributed by atoms with Crippen LogP contribution in [0.15, 0.2) is 76.3 Å². The number of ether oxygens (including phenoxy) is 1. The van der Waals surface area contributed by atoms with Crippen LogP contribution < -0.4 is 20.8 Å². The van der Waals surface area contributed by atoms with Crippen LogP contribution in [0.25, 0.3) is 0 Å². The van der Waals surface area contributed by atoms with Gasteiger partial charge in [-0.25, -0.2) is 5.43 Å². The molecule has 0 unspecified atom stereocenters. The largest absolute Gasteiger partial charge is 0.496 e. The van der Waals surface area contributed by atoms with Gasteiger partial charge in [-0.15, -0.1) is 0 Å². The predicted octanol–water partition coefficient (Wildman–Crippen LogP) is 4.11. The van der Waals surface area contributed by atoms with E-state index in [-0.39, 0.29) is 11.3 Å². The van der Waals surface area contributed by atoms with E-state index in [0.717, 1.165) is 10.0 Å². The summed E-state index contributed by atoms with van der Waals surface area (Å²) in [6.45, 7) is 1.91. The van der Waals surface area contributed by atoms with Crippen molar-refractivity contribution in [3.05, 3.63) is 87.9 Å². The Labute approximate surface area is 199 Å². The topological polar surface area (TPSA) is 109 Å². The molecule has 0 atom stereocenters. The van der Waals surface area contributed by atoms with E-state index in [1.165, 1.54) is 19.4 Å². The van der Waals surface area contributed by atoms with Crippen molar-refractivity contribution in [2.75, 3.05) is 17.7 Å². The summed E-state index contributed by atoms with van der Waals surface area (Å²) >= 11 is 3.35. The van der Waals surface area contributed by atoms with Crippen molar-refractivity contribution in [3.8, 4) is 5.75 Å². The number of hydrogen-bond donors (Lipinski definition) is 3. The number of rotatable bonds is 6. The lowest BCUT2D eigenvalue weighted by Gasteiger charge is -2.11. The molecule has 0 spiro atoms. The number of halogens is 1. The standard InChI is InChI=1S/C24H21BrN4O4/c1-15-6-5-7-18(12-15)27-22(30)19-8-3-4-9-20(19)28-23(31)24(32)29-26-14-16-13-17(25)10-11-21(16)33-2/h3-14H,1-2H3,(H,27,30)(H,28,31)(H,29,32)/b26-14-. The minimum Gasteiger partial charge on any atom is -0.496 e. The molecule has 0 saturated heterocycles. The zero-order chi connectivity index (χ0) is 23.8. The van der Waals surface area contributed by atoms with E-state index < -0.39 is 17.7 Å². The molecular formula is C24H21BrN4O4. The molecule has 33 heavy (non-hydrogen) atoms. The van der Waals surface area contributed by atoms with Crippen molar-refractivity contribution in [2.24, 2.45) is 5.10 Å². The highest BCUT2D eigenvalue weighted by Crippen LogP contribution is 2.21. The van der Waals surface area contributed by atoms with E-state index in [0.29, 0.717) is 17.0 Å². The number of hydrogen-bond acceptors (Lipinski definition) is 5. The van der Waals surface area contributed by atoms with Gasteiger partial charge in [-0.1, -0.05) is 40.2 Å². The van der Waals surface area contributed by atoms with Gasteiger partial charge in [0, 0.05) is 15.7 Å². The normalized spacial score (nSPS) is 10.5. The van der Waals surface area contributed by atoms with Gasteiger partial charge in [0.1, 0.15) is 5.75 Å². The number of carbonyl (C=O) groups is 3. The first-order chi connectivity index (χ1) is 15.9. The van der Waals surface area contributed by atoms with Gasteiger partial charge in [-0.3, -0.25) is 14.4 Å². The molecule has 3 amide bonds. The second-order valence-electron chi connectivity index (χ2n) is 6.91. The van der Waals surface area contributed by atoms with Gasteiger partial charge in [0.05, 0.1) is 24.6 Å².